The maximum atomic E-state index is 13.0. The monoisotopic (exact) mass is 434 g/mol. The van der Waals surface area contributed by atoms with Crippen LogP contribution in [0.4, 0.5) is 5.82 Å². The summed E-state index contributed by atoms with van der Waals surface area (Å²) in [6.07, 6.45) is 1.20. The van der Waals surface area contributed by atoms with Crippen molar-refractivity contribution in [2.75, 3.05) is 17.8 Å². The van der Waals surface area contributed by atoms with Crippen LogP contribution in [0.3, 0.4) is 0 Å². The minimum Gasteiger partial charge on any atom is -0.390 e. The van der Waals surface area contributed by atoms with Crippen molar-refractivity contribution in [3.8, 4) is 0 Å². The first kappa shape index (κ1) is 20.3. The van der Waals surface area contributed by atoms with Gasteiger partial charge in [-0.2, -0.15) is 5.10 Å². The number of nitrogens with zero attached hydrogens (tertiary/aromatic N) is 4. The number of aliphatic hydroxyl groups is 1. The lowest BCUT2D eigenvalue weighted by molar-refractivity contribution is 0.0724. The van der Waals surface area contributed by atoms with E-state index in [4.69, 9.17) is 5.73 Å². The Bertz CT molecular complexity index is 1140. The standard InChI is InChI=1S/C18H22N6O5S/c1-23-15-12(14(21-23)16(19)26)5-8-24(17(15)27)10-18(6-7-18)30(28,29)22-13-4-2-3-11(9-25)20-13/h2-4,25H,5-10H2,1H3,(H2,19,26)(H,20,22). The van der Waals surface area contributed by atoms with Crippen molar-refractivity contribution in [2.45, 2.75) is 30.6 Å². The van der Waals surface area contributed by atoms with Crippen LogP contribution in [-0.2, 0) is 30.1 Å². The summed E-state index contributed by atoms with van der Waals surface area (Å²) in [4.78, 5) is 30.1. The molecule has 0 unspecified atom stereocenters. The zero-order chi connectivity index (χ0) is 21.7. The average molecular weight is 434 g/mol. The number of nitrogens with one attached hydrogen (secondary N) is 1. The smallest absolute Gasteiger partial charge is 0.272 e. The Kier molecular flexibility index (Phi) is 4.77. The highest BCUT2D eigenvalue weighted by Gasteiger charge is 2.56. The van der Waals surface area contributed by atoms with Gasteiger partial charge >= 0.3 is 0 Å². The number of rotatable bonds is 7. The Labute approximate surface area is 172 Å². The van der Waals surface area contributed by atoms with Gasteiger partial charge in [0.2, 0.25) is 10.0 Å². The number of nitrogens with two attached hydrogens (primary N) is 1. The van der Waals surface area contributed by atoms with Crippen molar-refractivity contribution in [1.82, 2.24) is 19.7 Å². The molecule has 2 aliphatic rings. The molecule has 4 rings (SSSR count). The van der Waals surface area contributed by atoms with Gasteiger partial charge in [0.1, 0.15) is 16.3 Å². The summed E-state index contributed by atoms with van der Waals surface area (Å²) in [5, 5.41) is 13.2. The summed E-state index contributed by atoms with van der Waals surface area (Å²) >= 11 is 0. The third-order valence-corrected chi connectivity index (χ3v) is 7.72. The topological polar surface area (TPSA) is 161 Å². The predicted octanol–water partition coefficient (Wildman–Crippen LogP) is -0.621. The molecular formula is C18H22N6O5S. The van der Waals surface area contributed by atoms with Crippen LogP contribution in [0.25, 0.3) is 0 Å². The molecule has 30 heavy (non-hydrogen) atoms. The third-order valence-electron chi connectivity index (χ3n) is 5.56. The molecule has 3 heterocycles. The number of pyridine rings is 1. The molecule has 160 valence electrons. The van der Waals surface area contributed by atoms with E-state index >= 15 is 0 Å². The molecule has 11 nitrogen and oxygen atoms in total. The second-order valence-corrected chi connectivity index (χ2v) is 9.68. The van der Waals surface area contributed by atoms with Crippen molar-refractivity contribution in [3.63, 3.8) is 0 Å². The maximum Gasteiger partial charge on any atom is 0.272 e. The van der Waals surface area contributed by atoms with Crippen molar-refractivity contribution >= 4 is 27.7 Å². The first-order valence-corrected chi connectivity index (χ1v) is 10.9. The molecule has 0 bridgehead atoms. The van der Waals surface area contributed by atoms with Crippen molar-refractivity contribution < 1.29 is 23.1 Å². The Morgan fingerprint density at radius 2 is 2.10 bits per heavy atom. The van der Waals surface area contributed by atoms with Gasteiger partial charge in [-0.1, -0.05) is 6.07 Å². The number of amides is 2. The van der Waals surface area contributed by atoms with E-state index in [1.807, 2.05) is 0 Å². The van der Waals surface area contributed by atoms with E-state index < -0.39 is 20.7 Å². The highest BCUT2D eigenvalue weighted by atomic mass is 32.2. The van der Waals surface area contributed by atoms with Gasteiger partial charge in [0, 0.05) is 25.7 Å². The van der Waals surface area contributed by atoms with Gasteiger partial charge in [-0.05, 0) is 31.4 Å². The molecule has 2 aromatic heterocycles. The number of hydrogen-bond donors (Lipinski definition) is 3. The van der Waals surface area contributed by atoms with E-state index in [0.717, 1.165) is 0 Å². The van der Waals surface area contributed by atoms with E-state index in [0.29, 0.717) is 30.5 Å². The fraction of sp³-hybridized carbons (Fsp3) is 0.444. The largest absolute Gasteiger partial charge is 0.390 e. The molecule has 1 fully saturated rings. The number of fused-ring (bicyclic) bond motifs is 1. The second-order valence-electron chi connectivity index (χ2n) is 7.60. The first-order chi connectivity index (χ1) is 14.2. The Morgan fingerprint density at radius 1 is 1.37 bits per heavy atom. The van der Waals surface area contributed by atoms with Crippen LogP contribution in [-0.4, -0.2) is 62.8 Å². The molecular weight excluding hydrogens is 412 g/mol. The van der Waals surface area contributed by atoms with Crippen LogP contribution < -0.4 is 10.5 Å². The lowest BCUT2D eigenvalue weighted by atomic mass is 10.0. The molecule has 0 spiro atoms. The lowest BCUT2D eigenvalue weighted by Gasteiger charge is -2.31. The predicted molar refractivity (Wildman–Crippen MR) is 106 cm³/mol. The molecule has 0 aromatic carbocycles. The first-order valence-electron chi connectivity index (χ1n) is 9.41. The summed E-state index contributed by atoms with van der Waals surface area (Å²) in [7, 11) is -2.28. The maximum absolute atomic E-state index is 13.0. The summed E-state index contributed by atoms with van der Waals surface area (Å²) in [5.41, 5.74) is 6.53. The molecule has 4 N–H and O–H groups in total. The van der Waals surface area contributed by atoms with Crippen LogP contribution in [0, 0.1) is 0 Å². The van der Waals surface area contributed by atoms with Crippen molar-refractivity contribution in [2.24, 2.45) is 12.8 Å². The summed E-state index contributed by atoms with van der Waals surface area (Å²) in [6, 6.07) is 4.69. The van der Waals surface area contributed by atoms with Gasteiger partial charge < -0.3 is 15.7 Å². The lowest BCUT2D eigenvalue weighted by Crippen LogP contribution is -2.47. The van der Waals surface area contributed by atoms with E-state index in [1.54, 1.807) is 19.2 Å². The van der Waals surface area contributed by atoms with E-state index in [1.165, 1.54) is 15.6 Å². The normalized spacial score (nSPS) is 17.5. The van der Waals surface area contributed by atoms with E-state index in [2.05, 4.69) is 14.8 Å². The Morgan fingerprint density at radius 3 is 2.73 bits per heavy atom. The summed E-state index contributed by atoms with van der Waals surface area (Å²) in [6.45, 7) is -0.00593. The second kappa shape index (κ2) is 7.06. The molecule has 1 aliphatic carbocycles. The molecule has 1 aliphatic heterocycles. The number of carbonyl (C=O) groups is 2. The van der Waals surface area contributed by atoms with Gasteiger partial charge in [0.05, 0.1) is 12.3 Å². The Hall–Kier alpha value is -2.99. The van der Waals surface area contributed by atoms with E-state index in [-0.39, 0.29) is 42.8 Å². The molecule has 0 atom stereocenters. The van der Waals surface area contributed by atoms with E-state index in [9.17, 15) is 23.1 Å². The number of aliphatic hydroxyl groups excluding tert-OH is 1. The molecule has 1 saturated carbocycles. The number of primary amides is 1. The van der Waals surface area contributed by atoms with Gasteiger partial charge in [0.25, 0.3) is 11.8 Å². The quantitative estimate of drug-likeness (QED) is 0.523. The number of sulfonamides is 1. The van der Waals surface area contributed by atoms with Crippen LogP contribution in [0.1, 0.15) is 45.1 Å². The molecule has 12 heteroatoms. The van der Waals surface area contributed by atoms with Gasteiger partial charge in [-0.25, -0.2) is 13.4 Å². The van der Waals surface area contributed by atoms with Gasteiger partial charge in [-0.15, -0.1) is 0 Å². The highest BCUT2D eigenvalue weighted by Crippen LogP contribution is 2.45. The molecule has 2 aromatic rings. The fourth-order valence-electron chi connectivity index (χ4n) is 3.79. The number of aryl methyl sites for hydroxylation is 1. The molecule has 0 saturated heterocycles. The van der Waals surface area contributed by atoms with Crippen LogP contribution >= 0.6 is 0 Å². The van der Waals surface area contributed by atoms with Crippen LogP contribution in [0.5, 0.6) is 0 Å². The highest BCUT2D eigenvalue weighted by molar-refractivity contribution is 7.94. The SMILES string of the molecule is Cn1nc(C(N)=O)c2c1C(=O)N(CC1(S(=O)(=O)Nc3cccc(CO)n3)CC1)CC2. The zero-order valence-corrected chi connectivity index (χ0v) is 17.1. The number of carbonyl (C=O) groups excluding carboxylic acids is 2. The Balaban J connectivity index is 1.55. The van der Waals surface area contributed by atoms with Crippen LogP contribution in [0.2, 0.25) is 0 Å². The van der Waals surface area contributed by atoms with Gasteiger partial charge in [0.15, 0.2) is 5.69 Å². The fourth-order valence-corrected chi connectivity index (χ4v) is 5.36. The van der Waals surface area contributed by atoms with Crippen LogP contribution in [0.15, 0.2) is 18.2 Å². The summed E-state index contributed by atoms with van der Waals surface area (Å²) in [5.74, 6) is -0.949. The molecule has 2 amide bonds. The van der Waals surface area contributed by atoms with Crippen molar-refractivity contribution in [1.29, 1.82) is 0 Å². The number of anilines is 1. The summed E-state index contributed by atoms with van der Waals surface area (Å²) < 4.78 is 28.8. The van der Waals surface area contributed by atoms with Gasteiger partial charge in [-0.3, -0.25) is 19.0 Å². The molecule has 0 radical (unpaired) electrons. The minimum atomic E-state index is -3.83. The minimum absolute atomic E-state index is 0.0252. The number of hydrogen-bond acceptors (Lipinski definition) is 7. The third kappa shape index (κ3) is 3.31. The van der Waals surface area contributed by atoms with Crippen molar-refractivity contribution in [3.05, 3.63) is 40.8 Å². The number of aromatic nitrogens is 3. The average Bonchev–Trinajstić information content (AvgIpc) is 3.41. The zero-order valence-electron chi connectivity index (χ0n) is 16.3.